The molecule has 0 saturated carbocycles. The van der Waals surface area contributed by atoms with Crippen LogP contribution in [0.4, 0.5) is 21.9 Å². The average molecular weight is 568 g/mol. The normalized spacial score (nSPS) is 16.8. The molecular formula is C27H34ClN9O3. The van der Waals surface area contributed by atoms with E-state index in [1.807, 2.05) is 21.0 Å². The number of halogens is 1. The second kappa shape index (κ2) is 11.4. The molecular weight excluding hydrogens is 534 g/mol. The molecule has 1 N–H and O–H groups in total. The molecule has 0 spiro atoms. The van der Waals surface area contributed by atoms with Crippen LogP contribution in [0.3, 0.4) is 0 Å². The number of aromatic nitrogens is 3. The van der Waals surface area contributed by atoms with Crippen LogP contribution < -0.4 is 15.1 Å². The van der Waals surface area contributed by atoms with Crippen LogP contribution in [0.15, 0.2) is 24.4 Å². The Bertz CT molecular complexity index is 1440. The Morgan fingerprint density at radius 3 is 2.30 bits per heavy atom. The van der Waals surface area contributed by atoms with Crippen LogP contribution in [0.1, 0.15) is 16.1 Å². The monoisotopic (exact) mass is 567 g/mol. The van der Waals surface area contributed by atoms with E-state index >= 15 is 0 Å². The number of imide groups is 1. The number of benzene rings is 1. The first kappa shape index (κ1) is 27.8. The Balaban J connectivity index is 1.45. The molecule has 0 unspecified atom stereocenters. The first-order valence-electron chi connectivity index (χ1n) is 13.3. The first-order valence-corrected chi connectivity index (χ1v) is 13.6. The summed E-state index contributed by atoms with van der Waals surface area (Å²) in [5, 5.41) is 8.56. The predicted molar refractivity (Wildman–Crippen MR) is 155 cm³/mol. The molecule has 0 radical (unpaired) electrons. The summed E-state index contributed by atoms with van der Waals surface area (Å²) in [7, 11) is 5.92. The average Bonchev–Trinajstić information content (AvgIpc) is 3.23. The predicted octanol–water partition coefficient (Wildman–Crippen LogP) is 2.26. The van der Waals surface area contributed by atoms with Gasteiger partial charge in [-0.3, -0.25) is 14.3 Å². The molecule has 4 amide bonds. The largest absolute Gasteiger partial charge is 0.367 e. The third kappa shape index (κ3) is 5.34. The zero-order chi connectivity index (χ0) is 28.6. The third-order valence-corrected chi connectivity index (χ3v) is 7.96. The lowest BCUT2D eigenvalue weighted by molar-refractivity contribution is -0.106. The standard InChI is InChI=1S/C27H34ClN9O3/c1-18-23-24(35-11-7-32(2)8-12-35)22(16-29-25(23)34(4)31-18)30-27(40)37(17-38)19-5-6-21(28)20(15-19)26(39)36-13-9-33(3)10-14-36/h5-6,15-17H,7-14H2,1-4H3,(H,30,40). The number of hydrogen-bond donors (Lipinski definition) is 1. The van der Waals surface area contributed by atoms with Gasteiger partial charge < -0.3 is 24.9 Å². The van der Waals surface area contributed by atoms with Gasteiger partial charge in [0.1, 0.15) is 0 Å². The van der Waals surface area contributed by atoms with Gasteiger partial charge in [0.15, 0.2) is 5.65 Å². The van der Waals surface area contributed by atoms with Gasteiger partial charge in [-0.25, -0.2) is 14.7 Å². The number of hydrogen-bond acceptors (Lipinski definition) is 8. The van der Waals surface area contributed by atoms with E-state index < -0.39 is 6.03 Å². The van der Waals surface area contributed by atoms with E-state index in [9.17, 15) is 14.4 Å². The lowest BCUT2D eigenvalue weighted by atomic mass is 10.1. The van der Waals surface area contributed by atoms with Gasteiger partial charge in [-0.05, 0) is 39.2 Å². The SMILES string of the molecule is Cc1nn(C)c2ncc(NC(=O)N(C=O)c3ccc(Cl)c(C(=O)N4CCN(C)CC4)c3)c(N3CCN(C)CC3)c12. The Labute approximate surface area is 238 Å². The number of amides is 4. The van der Waals surface area contributed by atoms with Gasteiger partial charge in [-0.15, -0.1) is 0 Å². The Kier molecular flexibility index (Phi) is 7.92. The van der Waals surface area contributed by atoms with Crippen molar-refractivity contribution in [2.24, 2.45) is 7.05 Å². The molecule has 3 aromatic rings. The second-order valence-corrected chi connectivity index (χ2v) is 10.8. The molecule has 40 heavy (non-hydrogen) atoms. The van der Waals surface area contributed by atoms with Crippen molar-refractivity contribution in [2.45, 2.75) is 6.92 Å². The van der Waals surface area contributed by atoms with Crippen LogP contribution in [0.25, 0.3) is 11.0 Å². The van der Waals surface area contributed by atoms with Gasteiger partial charge in [-0.1, -0.05) is 11.6 Å². The number of aryl methyl sites for hydroxylation is 2. The molecule has 13 heteroatoms. The van der Waals surface area contributed by atoms with Gasteiger partial charge in [0, 0.05) is 59.4 Å². The summed E-state index contributed by atoms with van der Waals surface area (Å²) >= 11 is 6.40. The number of fused-ring (bicyclic) bond motifs is 1. The molecule has 12 nitrogen and oxygen atoms in total. The number of pyridine rings is 1. The summed E-state index contributed by atoms with van der Waals surface area (Å²) in [6.07, 6.45) is 2.03. The summed E-state index contributed by atoms with van der Waals surface area (Å²) in [6, 6.07) is 3.90. The minimum Gasteiger partial charge on any atom is -0.367 e. The highest BCUT2D eigenvalue weighted by Gasteiger charge is 2.27. The van der Waals surface area contributed by atoms with E-state index in [1.54, 1.807) is 21.8 Å². The van der Waals surface area contributed by atoms with E-state index in [0.29, 0.717) is 30.8 Å². The summed E-state index contributed by atoms with van der Waals surface area (Å²) in [5.74, 6) is -0.231. The zero-order valence-corrected chi connectivity index (χ0v) is 24.0. The Morgan fingerprint density at radius 1 is 1.00 bits per heavy atom. The van der Waals surface area contributed by atoms with Crippen LogP contribution in [0, 0.1) is 6.92 Å². The molecule has 2 aromatic heterocycles. The van der Waals surface area contributed by atoms with E-state index in [0.717, 1.165) is 60.9 Å². The maximum atomic E-state index is 13.5. The molecule has 2 aliphatic rings. The number of urea groups is 1. The summed E-state index contributed by atoms with van der Waals surface area (Å²) in [5.41, 5.74) is 3.30. The number of piperazine rings is 2. The highest BCUT2D eigenvalue weighted by atomic mass is 35.5. The fourth-order valence-electron chi connectivity index (χ4n) is 5.25. The van der Waals surface area contributed by atoms with Crippen LogP contribution in [0.5, 0.6) is 0 Å². The minimum absolute atomic E-state index is 0.231. The van der Waals surface area contributed by atoms with E-state index in [4.69, 9.17) is 11.6 Å². The van der Waals surface area contributed by atoms with Gasteiger partial charge in [0.05, 0.1) is 44.9 Å². The van der Waals surface area contributed by atoms with Gasteiger partial charge in [0.25, 0.3) is 5.91 Å². The second-order valence-electron chi connectivity index (χ2n) is 10.4. The lowest BCUT2D eigenvalue weighted by Crippen LogP contribution is -2.47. The van der Waals surface area contributed by atoms with E-state index in [-0.39, 0.29) is 22.2 Å². The van der Waals surface area contributed by atoms with Crippen LogP contribution in [-0.2, 0) is 11.8 Å². The first-order chi connectivity index (χ1) is 19.2. The van der Waals surface area contributed by atoms with Crippen LogP contribution in [-0.4, -0.2) is 114 Å². The van der Waals surface area contributed by atoms with Crippen molar-refractivity contribution < 1.29 is 14.4 Å². The Morgan fingerprint density at radius 2 is 1.65 bits per heavy atom. The molecule has 5 rings (SSSR count). The maximum absolute atomic E-state index is 13.5. The van der Waals surface area contributed by atoms with Gasteiger partial charge in [0.2, 0.25) is 6.41 Å². The van der Waals surface area contributed by atoms with Crippen molar-refractivity contribution in [3.05, 3.63) is 40.7 Å². The molecule has 0 bridgehead atoms. The minimum atomic E-state index is -0.673. The smallest absolute Gasteiger partial charge is 0.333 e. The number of nitrogens with one attached hydrogen (secondary N) is 1. The maximum Gasteiger partial charge on any atom is 0.333 e. The number of nitrogens with zero attached hydrogens (tertiary/aromatic N) is 8. The van der Waals surface area contributed by atoms with E-state index in [2.05, 4.69) is 37.1 Å². The third-order valence-electron chi connectivity index (χ3n) is 7.63. The molecule has 2 fully saturated rings. The van der Waals surface area contributed by atoms with E-state index in [1.165, 1.54) is 12.1 Å². The molecule has 4 heterocycles. The van der Waals surface area contributed by atoms with Crippen molar-refractivity contribution >= 4 is 58.0 Å². The highest BCUT2D eigenvalue weighted by molar-refractivity contribution is 6.34. The number of anilines is 3. The summed E-state index contributed by atoms with van der Waals surface area (Å²) in [4.78, 5) is 52.8. The molecule has 2 aliphatic heterocycles. The van der Waals surface area contributed by atoms with Crippen LogP contribution in [0.2, 0.25) is 5.02 Å². The van der Waals surface area contributed by atoms with Crippen molar-refractivity contribution in [1.82, 2.24) is 29.5 Å². The number of likely N-dealkylation sites (N-methyl/N-ethyl adjacent to an activating group) is 2. The van der Waals surface area contributed by atoms with Gasteiger partial charge in [-0.2, -0.15) is 5.10 Å². The van der Waals surface area contributed by atoms with Crippen LogP contribution >= 0.6 is 11.6 Å². The molecule has 212 valence electrons. The number of carbonyl (C=O) groups is 3. The van der Waals surface area contributed by atoms with Crippen molar-refractivity contribution in [3.63, 3.8) is 0 Å². The van der Waals surface area contributed by atoms with Crippen molar-refractivity contribution in [3.8, 4) is 0 Å². The molecule has 1 aromatic carbocycles. The quantitative estimate of drug-likeness (QED) is 0.468. The number of rotatable bonds is 5. The van der Waals surface area contributed by atoms with Crippen molar-refractivity contribution in [2.75, 3.05) is 81.6 Å². The molecule has 0 atom stereocenters. The fraction of sp³-hybridized carbons (Fsp3) is 0.444. The fourth-order valence-corrected chi connectivity index (χ4v) is 5.45. The van der Waals surface area contributed by atoms with Crippen molar-refractivity contribution in [1.29, 1.82) is 0 Å². The number of carbonyl (C=O) groups excluding carboxylic acids is 3. The molecule has 0 aliphatic carbocycles. The molecule has 2 saturated heterocycles. The van der Waals surface area contributed by atoms with Gasteiger partial charge >= 0.3 is 6.03 Å². The summed E-state index contributed by atoms with van der Waals surface area (Å²) in [6.45, 7) is 7.85. The zero-order valence-electron chi connectivity index (χ0n) is 23.2. The lowest BCUT2D eigenvalue weighted by Gasteiger charge is -2.35. The Hall–Kier alpha value is -3.74. The topological polar surface area (TPSA) is 110 Å². The highest BCUT2D eigenvalue weighted by Crippen LogP contribution is 2.36. The summed E-state index contributed by atoms with van der Waals surface area (Å²) < 4.78 is 1.72.